The Kier molecular flexibility index (Phi) is 5.80. The molecule has 1 aliphatic heterocycles. The number of anilines is 2. The number of carbonyl (C=O) groups excluding carboxylic acids is 2. The second-order valence-electron chi connectivity index (χ2n) is 5.28. The van der Waals surface area contributed by atoms with E-state index in [-0.39, 0.29) is 22.0 Å². The van der Waals surface area contributed by atoms with Crippen LogP contribution in [0.3, 0.4) is 0 Å². The smallest absolute Gasteiger partial charge is 0.291 e. The van der Waals surface area contributed by atoms with Gasteiger partial charge >= 0.3 is 0 Å². The summed E-state index contributed by atoms with van der Waals surface area (Å²) in [6.45, 7) is 0.446. The zero-order valence-electron chi connectivity index (χ0n) is 13.4. The van der Waals surface area contributed by atoms with Crippen LogP contribution in [0.15, 0.2) is 53.6 Å². The minimum atomic E-state index is -0.648. The molecule has 0 fully saturated rings. The van der Waals surface area contributed by atoms with E-state index in [1.54, 1.807) is 23.6 Å². The average Bonchev–Trinajstić information content (AvgIpc) is 2.65. The number of nitrogens with one attached hydrogen (secondary N) is 2. The van der Waals surface area contributed by atoms with Crippen LogP contribution in [0.5, 0.6) is 0 Å². The maximum Gasteiger partial charge on any atom is 0.291 e. The largest absolute Gasteiger partial charge is 0.487 e. The van der Waals surface area contributed by atoms with Crippen molar-refractivity contribution in [1.82, 2.24) is 0 Å². The number of carbonyl (C=O) groups is 2. The van der Waals surface area contributed by atoms with Crippen molar-refractivity contribution in [1.29, 1.82) is 0 Å². The molecule has 8 heteroatoms. The Morgan fingerprint density at radius 3 is 2.58 bits per heavy atom. The molecule has 0 radical (unpaired) electrons. The summed E-state index contributed by atoms with van der Waals surface area (Å²) in [6, 6.07) is 10.4. The first-order chi connectivity index (χ1) is 12.5. The molecule has 0 saturated heterocycles. The summed E-state index contributed by atoms with van der Waals surface area (Å²) in [5, 5.41) is 6.98. The van der Waals surface area contributed by atoms with Crippen molar-refractivity contribution in [2.24, 2.45) is 0 Å². The number of ether oxygens (including phenoxy) is 1. The van der Waals surface area contributed by atoms with Gasteiger partial charge in [-0.3, -0.25) is 9.59 Å². The molecule has 2 amide bonds. The Hall–Kier alpha value is -2.51. The lowest BCUT2D eigenvalue weighted by molar-refractivity contribution is -0.116. The van der Waals surface area contributed by atoms with Crippen LogP contribution in [0, 0.1) is 5.82 Å². The summed E-state index contributed by atoms with van der Waals surface area (Å²) < 4.78 is 19.2. The molecule has 2 aromatic rings. The first-order valence-electron chi connectivity index (χ1n) is 7.66. The van der Waals surface area contributed by atoms with E-state index in [9.17, 15) is 14.0 Å². The van der Waals surface area contributed by atoms with Gasteiger partial charge in [-0.15, -0.1) is 11.8 Å². The first-order valence-corrected chi connectivity index (χ1v) is 9.08. The van der Waals surface area contributed by atoms with Crippen molar-refractivity contribution in [2.75, 3.05) is 23.0 Å². The van der Waals surface area contributed by atoms with Crippen LogP contribution in [0.2, 0.25) is 5.02 Å². The molecular weight excluding hydrogens is 379 g/mol. The van der Waals surface area contributed by atoms with E-state index in [1.807, 2.05) is 0 Å². The Labute approximate surface area is 158 Å². The normalized spacial score (nSPS) is 13.4. The van der Waals surface area contributed by atoms with Gasteiger partial charge in [0.15, 0.2) is 5.76 Å². The van der Waals surface area contributed by atoms with Crippen LogP contribution >= 0.6 is 23.4 Å². The Morgan fingerprint density at radius 1 is 1.08 bits per heavy atom. The average molecular weight is 393 g/mol. The fourth-order valence-corrected chi connectivity index (χ4v) is 3.02. The summed E-state index contributed by atoms with van der Waals surface area (Å²) in [6.07, 6.45) is 0. The molecule has 3 rings (SSSR count). The summed E-state index contributed by atoms with van der Waals surface area (Å²) in [5.74, 6) is -0.682. The number of halogens is 2. The van der Waals surface area contributed by atoms with Crippen molar-refractivity contribution >= 4 is 46.6 Å². The van der Waals surface area contributed by atoms with Gasteiger partial charge in [0.05, 0.1) is 23.5 Å². The minimum absolute atomic E-state index is 0.00440. The zero-order valence-corrected chi connectivity index (χ0v) is 15.0. The molecule has 1 heterocycles. The number of benzene rings is 2. The van der Waals surface area contributed by atoms with Crippen LogP contribution < -0.4 is 10.6 Å². The molecule has 0 bridgehead atoms. The SMILES string of the molecule is O=C(Nc1ccccc1C(=O)Nc1ccc(Cl)cc1F)C1=CSCCO1. The zero-order chi connectivity index (χ0) is 18.5. The predicted molar refractivity (Wildman–Crippen MR) is 101 cm³/mol. The van der Waals surface area contributed by atoms with Gasteiger partial charge in [-0.2, -0.15) is 0 Å². The van der Waals surface area contributed by atoms with Crippen LogP contribution in [0.25, 0.3) is 0 Å². The van der Waals surface area contributed by atoms with Crippen LogP contribution in [-0.4, -0.2) is 24.2 Å². The highest BCUT2D eigenvalue weighted by Crippen LogP contribution is 2.23. The van der Waals surface area contributed by atoms with Gasteiger partial charge in [-0.1, -0.05) is 23.7 Å². The maximum absolute atomic E-state index is 13.9. The summed E-state index contributed by atoms with van der Waals surface area (Å²) in [7, 11) is 0. The molecule has 2 N–H and O–H groups in total. The number of rotatable bonds is 4. The number of hydrogen-bond donors (Lipinski definition) is 2. The van der Waals surface area contributed by atoms with Crippen molar-refractivity contribution in [3.63, 3.8) is 0 Å². The van der Waals surface area contributed by atoms with Gasteiger partial charge in [0.25, 0.3) is 11.8 Å². The molecule has 2 aromatic carbocycles. The lowest BCUT2D eigenvalue weighted by Crippen LogP contribution is -2.22. The van der Waals surface area contributed by atoms with Gasteiger partial charge in [0, 0.05) is 16.2 Å². The van der Waals surface area contributed by atoms with Crippen LogP contribution in [0.4, 0.5) is 15.8 Å². The lowest BCUT2D eigenvalue weighted by atomic mass is 10.1. The van der Waals surface area contributed by atoms with Gasteiger partial charge in [0.1, 0.15) is 5.82 Å². The minimum Gasteiger partial charge on any atom is -0.487 e. The third-order valence-corrected chi connectivity index (χ3v) is 4.49. The van der Waals surface area contributed by atoms with Crippen molar-refractivity contribution in [3.05, 3.63) is 70.0 Å². The van der Waals surface area contributed by atoms with E-state index in [0.717, 1.165) is 11.8 Å². The van der Waals surface area contributed by atoms with E-state index in [0.29, 0.717) is 12.3 Å². The third kappa shape index (κ3) is 4.36. The van der Waals surface area contributed by atoms with Crippen LogP contribution in [-0.2, 0) is 9.53 Å². The van der Waals surface area contributed by atoms with Gasteiger partial charge in [-0.05, 0) is 30.3 Å². The predicted octanol–water partition coefficient (Wildman–Crippen LogP) is 4.27. The fraction of sp³-hybridized carbons (Fsp3) is 0.111. The molecule has 1 aliphatic rings. The second-order valence-corrected chi connectivity index (χ2v) is 6.69. The summed E-state index contributed by atoms with van der Waals surface area (Å²) in [4.78, 5) is 24.8. The molecular formula is C18H14ClFN2O3S. The molecule has 0 unspecified atom stereocenters. The van der Waals surface area contributed by atoms with Gasteiger partial charge in [0.2, 0.25) is 0 Å². The number of para-hydroxylation sites is 1. The van der Waals surface area contributed by atoms with Gasteiger partial charge < -0.3 is 15.4 Å². The summed E-state index contributed by atoms with van der Waals surface area (Å²) >= 11 is 7.19. The van der Waals surface area contributed by atoms with E-state index in [1.165, 1.54) is 30.0 Å². The van der Waals surface area contributed by atoms with E-state index >= 15 is 0 Å². The lowest BCUT2D eigenvalue weighted by Gasteiger charge is -2.16. The van der Waals surface area contributed by atoms with Crippen LogP contribution in [0.1, 0.15) is 10.4 Å². The molecule has 0 aromatic heterocycles. The van der Waals surface area contributed by atoms with Crippen molar-refractivity contribution < 1.29 is 18.7 Å². The number of thioether (sulfide) groups is 1. The highest BCUT2D eigenvalue weighted by atomic mass is 35.5. The van der Waals surface area contributed by atoms with Crippen molar-refractivity contribution in [2.45, 2.75) is 0 Å². The van der Waals surface area contributed by atoms with E-state index in [2.05, 4.69) is 10.6 Å². The fourth-order valence-electron chi connectivity index (χ4n) is 2.24. The van der Waals surface area contributed by atoms with Gasteiger partial charge in [-0.25, -0.2) is 4.39 Å². The standard InChI is InChI=1S/C18H14ClFN2O3S/c19-11-5-6-15(13(20)9-11)22-17(23)12-3-1-2-4-14(12)21-18(24)16-10-26-8-7-25-16/h1-6,9-10H,7-8H2,(H,21,24)(H,22,23). The molecule has 0 atom stereocenters. The Balaban J connectivity index is 1.78. The Bertz CT molecular complexity index is 888. The summed E-state index contributed by atoms with van der Waals surface area (Å²) in [5.41, 5.74) is 0.485. The highest BCUT2D eigenvalue weighted by Gasteiger charge is 2.18. The second kappa shape index (κ2) is 8.25. The number of hydrogen-bond acceptors (Lipinski definition) is 4. The molecule has 0 spiro atoms. The maximum atomic E-state index is 13.9. The third-order valence-electron chi connectivity index (χ3n) is 3.47. The molecule has 134 valence electrons. The first kappa shape index (κ1) is 18.3. The quantitative estimate of drug-likeness (QED) is 0.815. The topological polar surface area (TPSA) is 67.4 Å². The molecule has 5 nitrogen and oxygen atoms in total. The van der Waals surface area contributed by atoms with E-state index < -0.39 is 17.6 Å². The molecule has 0 aliphatic carbocycles. The van der Waals surface area contributed by atoms with Crippen molar-refractivity contribution in [3.8, 4) is 0 Å². The number of amides is 2. The highest BCUT2D eigenvalue weighted by molar-refractivity contribution is 8.02. The molecule has 0 saturated carbocycles. The van der Waals surface area contributed by atoms with E-state index in [4.69, 9.17) is 16.3 Å². The molecule has 26 heavy (non-hydrogen) atoms. The monoisotopic (exact) mass is 392 g/mol. The Morgan fingerprint density at radius 2 is 1.85 bits per heavy atom.